The van der Waals surface area contributed by atoms with Crippen molar-refractivity contribution < 1.29 is 0 Å². The van der Waals surface area contributed by atoms with Gasteiger partial charge in [0, 0.05) is 84.8 Å². The van der Waals surface area contributed by atoms with Crippen LogP contribution in [-0.2, 0) is 16.2 Å². The Hall–Kier alpha value is -10.8. The molecule has 98 heavy (non-hydrogen) atoms. The van der Waals surface area contributed by atoms with Gasteiger partial charge in [-0.2, -0.15) is 10.9 Å². The summed E-state index contributed by atoms with van der Waals surface area (Å²) in [5, 5.41) is 7.97. The third kappa shape index (κ3) is 8.10. The van der Waals surface area contributed by atoms with Crippen LogP contribution in [0.4, 0.5) is 0 Å². The minimum absolute atomic E-state index is 0.236. The highest BCUT2D eigenvalue weighted by Gasteiger charge is 2.41. The van der Waals surface area contributed by atoms with Gasteiger partial charge >= 0.3 is 0 Å². The molecule has 0 amide bonds. The number of aromatic nitrogens is 2. The van der Waals surface area contributed by atoms with E-state index in [1.165, 1.54) is 184 Å². The maximum absolute atomic E-state index is 2.67. The maximum atomic E-state index is 2.67. The topological polar surface area (TPSA) is 9.86 Å². The van der Waals surface area contributed by atoms with E-state index in [9.17, 15) is 0 Å². The smallest absolute Gasteiger partial charge is 0.0553 e. The molecule has 17 aromatic rings. The monoisotopic (exact) mass is 1290 g/mol. The molecule has 20 rings (SSSR count). The normalized spacial score (nSPS) is 15.1. The first-order valence-electron chi connectivity index (χ1n) is 34.6. The van der Waals surface area contributed by atoms with Crippen molar-refractivity contribution in [1.82, 2.24) is 9.13 Å². The van der Waals surface area contributed by atoms with Crippen molar-refractivity contribution in [2.24, 2.45) is 0 Å². The van der Waals surface area contributed by atoms with Gasteiger partial charge in [-0.1, -0.05) is 255 Å². The van der Waals surface area contributed by atoms with Gasteiger partial charge in [-0.05, 0) is 190 Å². The first kappa shape index (κ1) is 57.5. The van der Waals surface area contributed by atoms with E-state index in [-0.39, 0.29) is 5.41 Å². The second kappa shape index (κ2) is 20.9. The van der Waals surface area contributed by atoms with Crippen LogP contribution in [-0.4, -0.2) is 9.13 Å². The Balaban J connectivity index is 0.932. The number of rotatable bonds is 7. The molecule has 0 spiro atoms. The summed E-state index contributed by atoms with van der Waals surface area (Å²) < 4.78 is 7.80. The summed E-state index contributed by atoms with van der Waals surface area (Å²) in [6, 6.07) is 112. The summed E-state index contributed by atoms with van der Waals surface area (Å²) in [5.74, 6) is 0. The molecule has 2 aliphatic carbocycles. The van der Waals surface area contributed by atoms with Crippen LogP contribution in [0.1, 0.15) is 76.3 Å². The van der Waals surface area contributed by atoms with Crippen molar-refractivity contribution in [3.63, 3.8) is 0 Å². The molecule has 0 saturated carbocycles. The maximum Gasteiger partial charge on any atom is 0.0553 e. The number of benzene rings is 14. The van der Waals surface area contributed by atoms with Gasteiger partial charge in [-0.25, -0.2) is 0 Å². The summed E-state index contributed by atoms with van der Waals surface area (Å²) in [6.07, 6.45) is 0. The molecule has 2 nitrogen and oxygen atoms in total. The molecule has 1 atom stereocenters. The second-order valence-electron chi connectivity index (χ2n) is 29.5. The van der Waals surface area contributed by atoms with Crippen molar-refractivity contribution >= 4 is 86.0 Å². The Morgan fingerprint density at radius 3 is 1.44 bits per heavy atom. The van der Waals surface area contributed by atoms with E-state index in [0.29, 0.717) is 0 Å². The zero-order chi connectivity index (χ0) is 65.7. The molecule has 0 radical (unpaired) electrons. The number of nitrogens with zero attached hydrogens (tertiary/aromatic N) is 2. The van der Waals surface area contributed by atoms with Crippen LogP contribution in [0.5, 0.6) is 0 Å². The van der Waals surface area contributed by atoms with Crippen molar-refractivity contribution in [2.45, 2.75) is 79.4 Å². The SMILES string of the molecule is CC(C)(C)c1c2c(cc3sc4cccc(-c5ccccc5)c4c13)[SH](c1cc3cc(c1)C(C)(C)c1c(-c4ccccc4)ccc4c1c1c-3cc(-c3ccc5c6c3C(C)(C)c3cccc(c3)-c3cccc(c36)n5-c3ccccc3)cc1n4-c1ccccc1)c1cccc(-c3ccccc3)c1-2. The lowest BCUT2D eigenvalue weighted by molar-refractivity contribution is 0.597. The molecule has 4 bridgehead atoms. The van der Waals surface area contributed by atoms with Crippen LogP contribution < -0.4 is 0 Å². The molecule has 14 aromatic carbocycles. The third-order valence-corrected chi connectivity index (χ3v) is 25.8. The Morgan fingerprint density at radius 1 is 0.306 bits per heavy atom. The Morgan fingerprint density at radius 2 is 0.796 bits per heavy atom. The van der Waals surface area contributed by atoms with Gasteiger partial charge in [-0.3, -0.25) is 0 Å². The molecule has 1 aliphatic heterocycles. The molecule has 3 aromatic heterocycles. The van der Waals surface area contributed by atoms with Gasteiger partial charge < -0.3 is 9.13 Å². The highest BCUT2D eigenvalue weighted by atomic mass is 32.2. The van der Waals surface area contributed by atoms with E-state index in [1.807, 2.05) is 11.3 Å². The Bertz CT molecular complexity index is 6240. The van der Waals surface area contributed by atoms with Gasteiger partial charge in [0.05, 0.1) is 22.1 Å². The molecular formula is C94H70N2S2. The standard InChI is InChI=1S/C94H70N2S2/c1-92(2,3)91-87-78(97-77-43-25-40-67(83(77)87)56-27-13-8-14-28-56)55-80-88(91)84-68(57-29-15-9-16-30-57)41-26-44-79(84)98(80)66-51-60-50-63(54-66)94(6,7)89-70(58-31-17-10-18-32-58)45-47-75-86(89)82-72(60)52-61(53-76(82)96(75)65-37-21-12-22-38-65)71-46-48-74-85-81-69(59-33-23-34-62(49-59)93(4,5)90(71)85)39-24-42-73(81)95(74)64-35-19-11-20-36-64/h8-55,98H,1-7H3. The molecule has 1 unspecified atom stereocenters. The van der Waals surface area contributed by atoms with E-state index in [0.717, 1.165) is 11.4 Å². The number of fused-ring (bicyclic) bond motifs is 12. The van der Waals surface area contributed by atoms with Gasteiger partial charge in [0.25, 0.3) is 0 Å². The average molecular weight is 1290 g/mol. The lowest BCUT2D eigenvalue weighted by Gasteiger charge is -2.34. The number of hydrogen-bond acceptors (Lipinski definition) is 1. The third-order valence-electron chi connectivity index (χ3n) is 22.2. The van der Waals surface area contributed by atoms with Crippen molar-refractivity contribution in [3.8, 4) is 89.3 Å². The molecular weight excluding hydrogens is 1220 g/mol. The molecule has 3 aliphatic rings. The number of para-hydroxylation sites is 2. The highest BCUT2D eigenvalue weighted by molar-refractivity contribution is 8.17. The van der Waals surface area contributed by atoms with E-state index in [1.54, 1.807) is 0 Å². The van der Waals surface area contributed by atoms with Crippen LogP contribution in [0, 0.1) is 0 Å². The fraction of sp³-hybridized carbons (Fsp3) is 0.106. The fourth-order valence-electron chi connectivity index (χ4n) is 18.0. The van der Waals surface area contributed by atoms with Gasteiger partial charge in [0.15, 0.2) is 0 Å². The molecule has 0 saturated heterocycles. The average Bonchev–Trinajstić information content (AvgIpc) is 1.52. The van der Waals surface area contributed by atoms with Gasteiger partial charge in [0.1, 0.15) is 0 Å². The Kier molecular flexibility index (Phi) is 12.3. The predicted molar refractivity (Wildman–Crippen MR) is 419 cm³/mol. The number of thiophene rings is 1. The fourth-order valence-corrected chi connectivity index (χ4v) is 22.0. The van der Waals surface area contributed by atoms with Crippen molar-refractivity contribution in [3.05, 3.63) is 319 Å². The van der Waals surface area contributed by atoms with Crippen LogP contribution >= 0.6 is 22.2 Å². The first-order valence-corrected chi connectivity index (χ1v) is 36.7. The van der Waals surface area contributed by atoms with Gasteiger partial charge in [0.2, 0.25) is 0 Å². The minimum Gasteiger partial charge on any atom is -0.309 e. The van der Waals surface area contributed by atoms with Crippen molar-refractivity contribution in [2.75, 3.05) is 0 Å². The van der Waals surface area contributed by atoms with E-state index in [2.05, 4.69) is 349 Å². The zero-order valence-corrected chi connectivity index (χ0v) is 57.7. The summed E-state index contributed by atoms with van der Waals surface area (Å²) >= 11 is 1.97. The molecule has 0 fully saturated rings. The second-order valence-corrected chi connectivity index (χ2v) is 32.7. The highest BCUT2D eigenvalue weighted by Crippen LogP contribution is 2.69. The van der Waals surface area contributed by atoms with E-state index < -0.39 is 21.7 Å². The van der Waals surface area contributed by atoms with E-state index in [4.69, 9.17) is 0 Å². The van der Waals surface area contributed by atoms with E-state index >= 15 is 0 Å². The van der Waals surface area contributed by atoms with Crippen molar-refractivity contribution in [1.29, 1.82) is 0 Å². The van der Waals surface area contributed by atoms with Crippen LogP contribution in [0.15, 0.2) is 306 Å². The lowest BCUT2D eigenvalue weighted by Crippen LogP contribution is -2.22. The van der Waals surface area contributed by atoms with Crippen LogP contribution in [0.25, 0.3) is 153 Å². The summed E-state index contributed by atoms with van der Waals surface area (Å²) in [5.41, 5.74) is 30.6. The predicted octanol–water partition coefficient (Wildman–Crippen LogP) is 26.3. The summed E-state index contributed by atoms with van der Waals surface area (Å²) in [4.78, 5) is 4.25. The summed E-state index contributed by atoms with van der Waals surface area (Å²) in [6.45, 7) is 17.4. The minimum atomic E-state index is -1.16. The number of thiol groups is 1. The first-order chi connectivity index (χ1) is 47.8. The molecule has 0 N–H and O–H groups in total. The quantitative estimate of drug-likeness (QED) is 0.152. The molecule has 4 heterocycles. The lowest BCUT2D eigenvalue weighted by atomic mass is 9.70. The largest absolute Gasteiger partial charge is 0.309 e. The Labute approximate surface area is 578 Å². The molecule has 4 heteroatoms. The van der Waals surface area contributed by atoms with Crippen LogP contribution in [0.2, 0.25) is 0 Å². The van der Waals surface area contributed by atoms with Gasteiger partial charge in [-0.15, -0.1) is 11.3 Å². The number of hydrogen-bond donors (Lipinski definition) is 1. The van der Waals surface area contributed by atoms with Crippen LogP contribution in [0.3, 0.4) is 0 Å². The molecule has 468 valence electrons. The summed E-state index contributed by atoms with van der Waals surface area (Å²) in [7, 11) is -1.16. The zero-order valence-electron chi connectivity index (χ0n) is 56.0.